The minimum atomic E-state index is -0.285. The first-order valence-electron chi connectivity index (χ1n) is 6.54. The Labute approximate surface area is 113 Å². The van der Waals surface area contributed by atoms with E-state index in [0.717, 1.165) is 30.8 Å². The zero-order chi connectivity index (χ0) is 13.8. The summed E-state index contributed by atoms with van der Waals surface area (Å²) in [5.74, 6) is 0.867. The van der Waals surface area contributed by atoms with Gasteiger partial charge in [-0.3, -0.25) is 10.2 Å². The molecule has 0 bridgehead atoms. The number of hydrogen-bond acceptors (Lipinski definition) is 4. The second-order valence-electron chi connectivity index (χ2n) is 5.06. The van der Waals surface area contributed by atoms with Crippen molar-refractivity contribution in [1.82, 2.24) is 10.4 Å². The van der Waals surface area contributed by atoms with Gasteiger partial charge in [0.2, 0.25) is 5.91 Å². The molecule has 5 heteroatoms. The molecule has 0 saturated carbocycles. The Morgan fingerprint density at radius 1 is 1.53 bits per heavy atom. The normalized spacial score (nSPS) is 15.6. The summed E-state index contributed by atoms with van der Waals surface area (Å²) < 4.78 is 5.57. The van der Waals surface area contributed by atoms with Crippen molar-refractivity contribution in [3.63, 3.8) is 0 Å². The lowest BCUT2D eigenvalue weighted by Gasteiger charge is -2.20. The Bertz CT molecular complexity index is 460. The molecule has 5 nitrogen and oxygen atoms in total. The summed E-state index contributed by atoms with van der Waals surface area (Å²) >= 11 is 0. The summed E-state index contributed by atoms with van der Waals surface area (Å²) in [5, 5.41) is 1.62. The van der Waals surface area contributed by atoms with E-state index in [0.29, 0.717) is 0 Å². The number of carbonyl (C=O) groups excluding carboxylic acids is 1. The Hall–Kier alpha value is -1.59. The standard InChI is InChI=1S/C14H21N3O2/c1-17(2)16-14(18)9-12(15)10-5-6-13-11(8-10)4-3-7-19-13/h5-6,8,12H,3-4,7,9,15H2,1-2H3,(H,16,18). The average molecular weight is 263 g/mol. The number of amides is 1. The highest BCUT2D eigenvalue weighted by molar-refractivity contribution is 5.76. The predicted octanol–water partition coefficient (Wildman–Crippen LogP) is 0.994. The highest BCUT2D eigenvalue weighted by atomic mass is 16.5. The zero-order valence-corrected chi connectivity index (χ0v) is 11.5. The smallest absolute Gasteiger partial charge is 0.236 e. The fourth-order valence-electron chi connectivity index (χ4n) is 2.22. The Balaban J connectivity index is 2.03. The number of nitrogens with one attached hydrogen (secondary N) is 1. The van der Waals surface area contributed by atoms with Crippen LogP contribution >= 0.6 is 0 Å². The maximum absolute atomic E-state index is 11.7. The molecule has 0 saturated heterocycles. The molecule has 0 radical (unpaired) electrons. The van der Waals surface area contributed by atoms with E-state index in [4.69, 9.17) is 10.5 Å². The first-order valence-corrected chi connectivity index (χ1v) is 6.54. The first-order chi connectivity index (χ1) is 9.06. The van der Waals surface area contributed by atoms with Crippen molar-refractivity contribution in [1.29, 1.82) is 0 Å². The molecule has 0 aliphatic carbocycles. The Kier molecular flexibility index (Phi) is 4.39. The number of ether oxygens (including phenoxy) is 1. The molecule has 1 amide bonds. The van der Waals surface area contributed by atoms with E-state index in [-0.39, 0.29) is 18.4 Å². The quantitative estimate of drug-likeness (QED) is 0.795. The SMILES string of the molecule is CN(C)NC(=O)CC(N)c1ccc2c(c1)CCCO2. The van der Waals surface area contributed by atoms with Gasteiger partial charge in [-0.1, -0.05) is 12.1 Å². The third-order valence-corrected chi connectivity index (χ3v) is 3.11. The van der Waals surface area contributed by atoms with Crippen molar-refractivity contribution >= 4 is 5.91 Å². The summed E-state index contributed by atoms with van der Waals surface area (Å²) in [6.45, 7) is 0.781. The Morgan fingerprint density at radius 3 is 3.05 bits per heavy atom. The predicted molar refractivity (Wildman–Crippen MR) is 73.6 cm³/mol. The van der Waals surface area contributed by atoms with Crippen molar-refractivity contribution in [3.8, 4) is 5.75 Å². The van der Waals surface area contributed by atoms with Gasteiger partial charge in [0.05, 0.1) is 6.61 Å². The molecule has 1 heterocycles. The second-order valence-corrected chi connectivity index (χ2v) is 5.06. The lowest BCUT2D eigenvalue weighted by molar-refractivity contribution is -0.125. The van der Waals surface area contributed by atoms with E-state index in [1.165, 1.54) is 5.56 Å². The molecule has 0 fully saturated rings. The van der Waals surface area contributed by atoms with Crippen LogP contribution in [-0.2, 0) is 11.2 Å². The van der Waals surface area contributed by atoms with Crippen molar-refractivity contribution in [2.75, 3.05) is 20.7 Å². The molecular weight excluding hydrogens is 242 g/mol. The monoisotopic (exact) mass is 263 g/mol. The maximum atomic E-state index is 11.7. The molecule has 1 aliphatic rings. The second kappa shape index (κ2) is 6.04. The van der Waals surface area contributed by atoms with Gasteiger partial charge in [-0.15, -0.1) is 0 Å². The minimum absolute atomic E-state index is 0.0773. The highest BCUT2D eigenvalue weighted by Gasteiger charge is 2.16. The first kappa shape index (κ1) is 13.8. The maximum Gasteiger partial charge on any atom is 0.236 e. The van der Waals surface area contributed by atoms with Gasteiger partial charge < -0.3 is 10.5 Å². The lowest BCUT2D eigenvalue weighted by atomic mass is 9.98. The number of rotatable bonds is 4. The van der Waals surface area contributed by atoms with Crippen LogP contribution in [0.2, 0.25) is 0 Å². The van der Waals surface area contributed by atoms with E-state index in [9.17, 15) is 4.79 Å². The number of carbonyl (C=O) groups is 1. The largest absolute Gasteiger partial charge is 0.493 e. The molecule has 2 rings (SSSR count). The lowest BCUT2D eigenvalue weighted by Crippen LogP contribution is -2.37. The van der Waals surface area contributed by atoms with Crippen LogP contribution in [-0.4, -0.2) is 31.6 Å². The van der Waals surface area contributed by atoms with Crippen LogP contribution in [0.15, 0.2) is 18.2 Å². The molecule has 1 aliphatic heterocycles. The van der Waals surface area contributed by atoms with Crippen LogP contribution in [0.5, 0.6) is 5.75 Å². The number of hydrogen-bond donors (Lipinski definition) is 2. The Morgan fingerprint density at radius 2 is 2.32 bits per heavy atom. The van der Waals surface area contributed by atoms with Gasteiger partial charge in [0.25, 0.3) is 0 Å². The van der Waals surface area contributed by atoms with Gasteiger partial charge in [-0.25, -0.2) is 5.01 Å². The van der Waals surface area contributed by atoms with Gasteiger partial charge in [0, 0.05) is 26.6 Å². The summed E-state index contributed by atoms with van der Waals surface area (Å²) in [4.78, 5) is 11.7. The number of nitrogens with zero attached hydrogens (tertiary/aromatic N) is 1. The third kappa shape index (κ3) is 3.68. The summed E-state index contributed by atoms with van der Waals surface area (Å²) in [6.07, 6.45) is 2.32. The summed E-state index contributed by atoms with van der Waals surface area (Å²) in [5.41, 5.74) is 11.0. The van der Waals surface area contributed by atoms with Gasteiger partial charge in [-0.05, 0) is 30.0 Å². The summed E-state index contributed by atoms with van der Waals surface area (Å²) in [6, 6.07) is 5.67. The summed E-state index contributed by atoms with van der Waals surface area (Å²) in [7, 11) is 3.55. The van der Waals surface area contributed by atoms with Gasteiger partial charge >= 0.3 is 0 Å². The molecule has 19 heavy (non-hydrogen) atoms. The molecular formula is C14H21N3O2. The van der Waals surface area contributed by atoms with Crippen molar-refractivity contribution in [3.05, 3.63) is 29.3 Å². The van der Waals surface area contributed by atoms with Crippen LogP contribution in [0.3, 0.4) is 0 Å². The molecule has 0 aromatic heterocycles. The number of hydrazine groups is 1. The highest BCUT2D eigenvalue weighted by Crippen LogP contribution is 2.28. The van der Waals surface area contributed by atoms with Gasteiger partial charge in [-0.2, -0.15) is 0 Å². The van der Waals surface area contributed by atoms with E-state index < -0.39 is 0 Å². The molecule has 1 atom stereocenters. The third-order valence-electron chi connectivity index (χ3n) is 3.11. The van der Waals surface area contributed by atoms with E-state index in [2.05, 4.69) is 11.5 Å². The number of nitrogens with two attached hydrogens (primary N) is 1. The van der Waals surface area contributed by atoms with E-state index in [1.807, 2.05) is 12.1 Å². The fraction of sp³-hybridized carbons (Fsp3) is 0.500. The molecule has 104 valence electrons. The number of aryl methyl sites for hydroxylation is 1. The van der Waals surface area contributed by atoms with Crippen molar-refractivity contribution < 1.29 is 9.53 Å². The molecule has 1 aromatic rings. The van der Waals surface area contributed by atoms with E-state index >= 15 is 0 Å². The molecule has 3 N–H and O–H groups in total. The number of benzene rings is 1. The topological polar surface area (TPSA) is 67.6 Å². The van der Waals surface area contributed by atoms with Crippen LogP contribution in [0.1, 0.15) is 30.0 Å². The van der Waals surface area contributed by atoms with Crippen LogP contribution in [0.4, 0.5) is 0 Å². The minimum Gasteiger partial charge on any atom is -0.493 e. The van der Waals surface area contributed by atoms with Crippen molar-refractivity contribution in [2.24, 2.45) is 5.73 Å². The van der Waals surface area contributed by atoms with Gasteiger partial charge in [0.1, 0.15) is 5.75 Å². The van der Waals surface area contributed by atoms with Crippen LogP contribution in [0, 0.1) is 0 Å². The number of fused-ring (bicyclic) bond motifs is 1. The molecule has 0 spiro atoms. The van der Waals surface area contributed by atoms with Crippen molar-refractivity contribution in [2.45, 2.75) is 25.3 Å². The van der Waals surface area contributed by atoms with E-state index in [1.54, 1.807) is 19.1 Å². The average Bonchev–Trinajstić information content (AvgIpc) is 2.37. The molecule has 1 unspecified atom stereocenters. The fourth-order valence-corrected chi connectivity index (χ4v) is 2.22. The zero-order valence-electron chi connectivity index (χ0n) is 11.5. The molecule has 1 aromatic carbocycles. The van der Waals surface area contributed by atoms with Crippen LogP contribution < -0.4 is 15.9 Å². The van der Waals surface area contributed by atoms with Crippen LogP contribution in [0.25, 0.3) is 0 Å². The van der Waals surface area contributed by atoms with Gasteiger partial charge in [0.15, 0.2) is 0 Å².